The molecule has 6 heteroatoms. The van der Waals surface area contributed by atoms with Gasteiger partial charge in [0.15, 0.2) is 0 Å². The van der Waals surface area contributed by atoms with Gasteiger partial charge in [-0.15, -0.1) is 0 Å². The monoisotopic (exact) mass is 474 g/mol. The second-order valence-electron chi connectivity index (χ2n) is 7.87. The third kappa shape index (κ3) is 4.70. The number of benzene rings is 4. The third-order valence-electron chi connectivity index (χ3n) is 5.58. The van der Waals surface area contributed by atoms with E-state index in [1.165, 1.54) is 0 Å². The number of nitrogens with one attached hydrogen (secondary N) is 1. The van der Waals surface area contributed by atoms with Crippen molar-refractivity contribution < 1.29 is 4.79 Å². The highest BCUT2D eigenvalue weighted by Crippen LogP contribution is 2.28. The number of carbonyl (C=O) groups excluding carboxylic acids is 1. The van der Waals surface area contributed by atoms with E-state index in [9.17, 15) is 10.1 Å². The van der Waals surface area contributed by atoms with Crippen LogP contribution in [0.25, 0.3) is 33.8 Å². The van der Waals surface area contributed by atoms with E-state index in [2.05, 4.69) is 5.32 Å². The number of rotatable bonds is 5. The molecule has 4 aromatic carbocycles. The van der Waals surface area contributed by atoms with Crippen LogP contribution in [0.3, 0.4) is 0 Å². The molecule has 0 bridgehead atoms. The van der Waals surface area contributed by atoms with E-state index in [0.717, 1.165) is 22.0 Å². The molecule has 0 saturated carbocycles. The predicted octanol–water partition coefficient (Wildman–Crippen LogP) is 6.89. The number of halogens is 1. The normalized spacial score (nSPS) is 11.3. The van der Waals surface area contributed by atoms with E-state index < -0.39 is 5.91 Å². The molecular weight excluding hydrogens is 456 g/mol. The van der Waals surface area contributed by atoms with Crippen LogP contribution in [0.1, 0.15) is 5.56 Å². The Kier molecular flexibility index (Phi) is 6.13. The van der Waals surface area contributed by atoms with Crippen molar-refractivity contribution in [3.63, 3.8) is 0 Å². The van der Waals surface area contributed by atoms with E-state index in [-0.39, 0.29) is 5.57 Å². The van der Waals surface area contributed by atoms with Crippen LogP contribution < -0.4 is 5.32 Å². The van der Waals surface area contributed by atoms with Crippen LogP contribution in [0.5, 0.6) is 0 Å². The van der Waals surface area contributed by atoms with Gasteiger partial charge in [-0.3, -0.25) is 4.79 Å². The van der Waals surface area contributed by atoms with Gasteiger partial charge in [0.25, 0.3) is 5.91 Å². The van der Waals surface area contributed by atoms with Crippen molar-refractivity contribution in [2.45, 2.75) is 0 Å². The molecule has 0 aliphatic heterocycles. The lowest BCUT2D eigenvalue weighted by molar-refractivity contribution is -0.112. The Balaban J connectivity index is 1.55. The number of nitrogens with zero attached hydrogens (tertiary/aromatic N) is 3. The molecule has 0 aliphatic rings. The van der Waals surface area contributed by atoms with Gasteiger partial charge < -0.3 is 5.32 Å². The van der Waals surface area contributed by atoms with Gasteiger partial charge in [-0.2, -0.15) is 10.4 Å². The van der Waals surface area contributed by atoms with Crippen molar-refractivity contribution in [1.29, 1.82) is 5.26 Å². The number of aromatic nitrogens is 2. The number of hydrogen-bond donors (Lipinski definition) is 1. The number of fused-ring (bicyclic) bond motifs is 1. The first-order valence-corrected chi connectivity index (χ1v) is 11.3. The Morgan fingerprint density at radius 2 is 1.63 bits per heavy atom. The van der Waals surface area contributed by atoms with Crippen molar-refractivity contribution in [2.75, 3.05) is 5.32 Å². The number of carbonyl (C=O) groups is 1. The van der Waals surface area contributed by atoms with Crippen LogP contribution in [-0.4, -0.2) is 15.7 Å². The molecule has 5 nitrogen and oxygen atoms in total. The molecule has 1 heterocycles. The maximum Gasteiger partial charge on any atom is 0.266 e. The van der Waals surface area contributed by atoms with E-state index in [1.54, 1.807) is 22.9 Å². The maximum atomic E-state index is 13.1. The van der Waals surface area contributed by atoms with E-state index >= 15 is 0 Å². The lowest BCUT2D eigenvalue weighted by atomic mass is 10.1. The molecule has 0 radical (unpaired) electrons. The molecule has 0 atom stereocenters. The molecule has 0 spiro atoms. The minimum absolute atomic E-state index is 0.0271. The zero-order chi connectivity index (χ0) is 24.2. The summed E-state index contributed by atoms with van der Waals surface area (Å²) in [6, 6.07) is 32.4. The first kappa shape index (κ1) is 22.1. The highest BCUT2D eigenvalue weighted by molar-refractivity contribution is 6.30. The molecule has 0 saturated heterocycles. The summed E-state index contributed by atoms with van der Waals surface area (Å²) in [4.78, 5) is 13.1. The van der Waals surface area contributed by atoms with Gasteiger partial charge in [0.05, 0.1) is 11.4 Å². The Bertz CT molecular complexity index is 1590. The van der Waals surface area contributed by atoms with Crippen molar-refractivity contribution in [3.05, 3.63) is 119 Å². The lowest BCUT2D eigenvalue weighted by Gasteiger charge is -2.08. The fraction of sp³-hybridized carbons (Fsp3) is 0. The van der Waals surface area contributed by atoms with Crippen molar-refractivity contribution in [1.82, 2.24) is 9.78 Å². The Morgan fingerprint density at radius 3 is 2.40 bits per heavy atom. The molecular formula is C29H19ClN4O. The number of amides is 1. The summed E-state index contributed by atoms with van der Waals surface area (Å²) in [5.74, 6) is -0.488. The topological polar surface area (TPSA) is 70.7 Å². The van der Waals surface area contributed by atoms with Gasteiger partial charge in [-0.05, 0) is 41.8 Å². The fourth-order valence-electron chi connectivity index (χ4n) is 3.87. The standard InChI is InChI=1S/C29H19ClN4O/c30-24-15-13-21(14-16-24)28-23(19-34(33-28)25-9-2-1-3-10-25)17-22(18-31)29(35)32-27-12-6-8-20-7-4-5-11-26(20)27/h1-17,19H,(H,32,35). The third-order valence-corrected chi connectivity index (χ3v) is 5.84. The molecule has 168 valence electrons. The summed E-state index contributed by atoms with van der Waals surface area (Å²) in [5, 5.41) is 20.0. The highest BCUT2D eigenvalue weighted by Gasteiger charge is 2.16. The maximum absolute atomic E-state index is 13.1. The molecule has 1 amide bonds. The first-order valence-electron chi connectivity index (χ1n) is 10.9. The van der Waals surface area contributed by atoms with E-state index in [1.807, 2.05) is 97.2 Å². The van der Waals surface area contributed by atoms with Gasteiger partial charge in [-0.1, -0.05) is 78.3 Å². The Labute approximate surface area is 207 Å². The molecule has 1 aromatic heterocycles. The van der Waals surface area contributed by atoms with Crippen LogP contribution >= 0.6 is 11.6 Å². The van der Waals surface area contributed by atoms with Gasteiger partial charge in [0, 0.05) is 33.4 Å². The van der Waals surface area contributed by atoms with Crippen LogP contribution in [0.15, 0.2) is 109 Å². The number of anilines is 1. The minimum Gasteiger partial charge on any atom is -0.321 e. The van der Waals surface area contributed by atoms with Gasteiger partial charge >= 0.3 is 0 Å². The number of hydrogen-bond acceptors (Lipinski definition) is 3. The zero-order valence-corrected chi connectivity index (χ0v) is 19.3. The van der Waals surface area contributed by atoms with E-state index in [4.69, 9.17) is 16.7 Å². The average Bonchev–Trinajstić information content (AvgIpc) is 3.32. The smallest absolute Gasteiger partial charge is 0.266 e. The lowest BCUT2D eigenvalue weighted by Crippen LogP contribution is -2.13. The fourth-order valence-corrected chi connectivity index (χ4v) is 3.99. The SMILES string of the molecule is N#CC(=Cc1cn(-c2ccccc2)nc1-c1ccc(Cl)cc1)C(=O)Nc1cccc2ccccc12. The van der Waals surface area contributed by atoms with Crippen molar-refractivity contribution in [2.24, 2.45) is 0 Å². The zero-order valence-electron chi connectivity index (χ0n) is 18.5. The molecule has 0 fully saturated rings. The quantitative estimate of drug-likeness (QED) is 0.222. The van der Waals surface area contributed by atoms with E-state index in [0.29, 0.717) is 22.0 Å². The van der Waals surface area contributed by atoms with Crippen LogP contribution in [0, 0.1) is 11.3 Å². The molecule has 0 unspecified atom stereocenters. The largest absolute Gasteiger partial charge is 0.321 e. The summed E-state index contributed by atoms with van der Waals surface area (Å²) in [7, 11) is 0. The highest BCUT2D eigenvalue weighted by atomic mass is 35.5. The molecule has 5 aromatic rings. The Hall–Kier alpha value is -4.66. The molecule has 0 aliphatic carbocycles. The summed E-state index contributed by atoms with van der Waals surface area (Å²) in [5.41, 5.74) is 3.58. The van der Waals surface area contributed by atoms with Crippen LogP contribution in [-0.2, 0) is 4.79 Å². The van der Waals surface area contributed by atoms with Crippen molar-refractivity contribution in [3.8, 4) is 23.0 Å². The second-order valence-corrected chi connectivity index (χ2v) is 8.31. The molecule has 1 N–H and O–H groups in total. The van der Waals surface area contributed by atoms with Crippen LogP contribution in [0.4, 0.5) is 5.69 Å². The van der Waals surface area contributed by atoms with Gasteiger partial charge in [-0.25, -0.2) is 4.68 Å². The van der Waals surface area contributed by atoms with Gasteiger partial charge in [0.1, 0.15) is 11.6 Å². The summed E-state index contributed by atoms with van der Waals surface area (Å²) < 4.78 is 1.73. The van der Waals surface area contributed by atoms with Crippen LogP contribution in [0.2, 0.25) is 5.02 Å². The molecule has 5 rings (SSSR count). The summed E-state index contributed by atoms with van der Waals surface area (Å²) in [6.45, 7) is 0. The summed E-state index contributed by atoms with van der Waals surface area (Å²) >= 11 is 6.07. The minimum atomic E-state index is -0.488. The average molecular weight is 475 g/mol. The summed E-state index contributed by atoms with van der Waals surface area (Å²) in [6.07, 6.45) is 3.37. The number of para-hydroxylation sites is 1. The van der Waals surface area contributed by atoms with Crippen molar-refractivity contribution >= 4 is 40.0 Å². The predicted molar refractivity (Wildman–Crippen MR) is 140 cm³/mol. The first-order chi connectivity index (χ1) is 17.1. The number of nitriles is 1. The Morgan fingerprint density at radius 1 is 0.914 bits per heavy atom. The van der Waals surface area contributed by atoms with Gasteiger partial charge in [0.2, 0.25) is 0 Å². The second kappa shape index (κ2) is 9.68. The molecule has 35 heavy (non-hydrogen) atoms.